The number of ether oxygens (including phenoxy) is 1. The maximum absolute atomic E-state index is 12.9. The van der Waals surface area contributed by atoms with E-state index in [4.69, 9.17) is 4.74 Å². The lowest BCUT2D eigenvalue weighted by Gasteiger charge is -2.69. The zero-order valence-electron chi connectivity index (χ0n) is 25.2. The summed E-state index contributed by atoms with van der Waals surface area (Å²) in [5.74, 6) is 0.305. The van der Waals surface area contributed by atoms with Gasteiger partial charge in [0, 0.05) is 18.8 Å². The summed E-state index contributed by atoms with van der Waals surface area (Å²) >= 11 is 0. The number of aliphatic hydroxyl groups excluding tert-OH is 2. The highest BCUT2D eigenvalue weighted by Gasteiger charge is 2.69. The molecule has 0 saturated heterocycles. The predicted octanol–water partition coefficient (Wildman–Crippen LogP) is 5.37. The van der Waals surface area contributed by atoms with Gasteiger partial charge in [0.25, 0.3) is 0 Å². The summed E-state index contributed by atoms with van der Waals surface area (Å²) in [6.45, 7) is 17.9. The second-order valence-electron chi connectivity index (χ2n) is 15.1. The minimum absolute atomic E-state index is 0.0349. The first-order valence-electron chi connectivity index (χ1n) is 14.8. The number of hydrogen-bond donors (Lipinski definition) is 3. The molecule has 0 aliphatic heterocycles. The zero-order valence-corrected chi connectivity index (χ0v) is 25.2. The first-order chi connectivity index (χ1) is 17.3. The fourth-order valence-electron chi connectivity index (χ4n) is 10.2. The van der Waals surface area contributed by atoms with Gasteiger partial charge < -0.3 is 20.1 Å². The number of rotatable bonds is 6. The van der Waals surface area contributed by atoms with E-state index in [0.717, 1.165) is 32.1 Å². The van der Waals surface area contributed by atoms with Crippen LogP contribution in [0, 0.1) is 39.4 Å². The topological polar surface area (TPSA) is 104 Å². The third-order valence-corrected chi connectivity index (χ3v) is 12.2. The van der Waals surface area contributed by atoms with E-state index >= 15 is 0 Å². The number of carbonyl (C=O) groups is 2. The molecule has 0 aromatic rings. The Labute approximate surface area is 229 Å². The van der Waals surface area contributed by atoms with Crippen LogP contribution in [0.4, 0.5) is 0 Å². The number of ketones is 1. The van der Waals surface area contributed by atoms with Crippen LogP contribution in [-0.4, -0.2) is 51.0 Å². The van der Waals surface area contributed by atoms with Crippen molar-refractivity contribution in [3.05, 3.63) is 11.1 Å². The number of aliphatic hydroxyl groups is 3. The van der Waals surface area contributed by atoms with Crippen LogP contribution in [0.1, 0.15) is 114 Å². The molecule has 0 heterocycles. The molecule has 4 aliphatic rings. The number of hydrogen-bond acceptors (Lipinski definition) is 6. The summed E-state index contributed by atoms with van der Waals surface area (Å²) in [4.78, 5) is 24.6. The molecule has 0 radical (unpaired) electrons. The molecule has 0 unspecified atom stereocenters. The van der Waals surface area contributed by atoms with Crippen LogP contribution in [0.3, 0.4) is 0 Å². The quantitative estimate of drug-likeness (QED) is 0.314. The van der Waals surface area contributed by atoms with Gasteiger partial charge in [-0.3, -0.25) is 9.59 Å². The molecule has 38 heavy (non-hydrogen) atoms. The van der Waals surface area contributed by atoms with Crippen molar-refractivity contribution in [3.8, 4) is 0 Å². The minimum atomic E-state index is -1.36. The highest BCUT2D eigenvalue weighted by Crippen LogP contribution is 2.74. The normalized spacial score (nSPS) is 41.1. The molecule has 3 N–H and O–H groups in total. The van der Waals surface area contributed by atoms with Crippen molar-refractivity contribution in [3.63, 3.8) is 0 Å². The maximum atomic E-state index is 12.9. The molecule has 3 fully saturated rings. The zero-order chi connectivity index (χ0) is 28.6. The smallest absolute Gasteiger partial charge is 0.303 e. The number of carbonyl (C=O) groups excluding carboxylic acids is 2. The van der Waals surface area contributed by atoms with Crippen LogP contribution < -0.4 is 0 Å². The molecule has 3 saturated carbocycles. The van der Waals surface area contributed by atoms with Gasteiger partial charge in [-0.05, 0) is 92.8 Å². The van der Waals surface area contributed by atoms with Gasteiger partial charge in [-0.1, -0.05) is 52.7 Å². The van der Waals surface area contributed by atoms with Crippen LogP contribution in [0.15, 0.2) is 11.1 Å². The first-order valence-corrected chi connectivity index (χ1v) is 14.8. The Morgan fingerprint density at radius 3 is 2.32 bits per heavy atom. The molecular weight excluding hydrogens is 480 g/mol. The van der Waals surface area contributed by atoms with Crippen molar-refractivity contribution >= 4 is 11.8 Å². The van der Waals surface area contributed by atoms with Gasteiger partial charge in [-0.15, -0.1) is 0 Å². The molecule has 0 aromatic carbocycles. The van der Waals surface area contributed by atoms with Crippen molar-refractivity contribution in [1.29, 1.82) is 0 Å². The average molecular weight is 533 g/mol. The Morgan fingerprint density at radius 1 is 1.11 bits per heavy atom. The number of Topliss-reactive ketones (excluding diaryl/α,β-unsaturated/α-hetero) is 1. The van der Waals surface area contributed by atoms with Crippen molar-refractivity contribution in [2.45, 2.75) is 138 Å². The SMILES string of the molecule is CC(=O)O[C@H]([C@H](O)C[C@H](C)C1=C2C[C@H](O)[C@H]3[C@@]4(C)CCC(=O)C(C)(C)[C@@H]4CC[C@]3(C)[C@@]2(C)CC1)C(C)(C)O. The summed E-state index contributed by atoms with van der Waals surface area (Å²) in [6, 6.07) is 0. The summed E-state index contributed by atoms with van der Waals surface area (Å²) in [7, 11) is 0. The van der Waals surface area contributed by atoms with Crippen LogP contribution in [0.5, 0.6) is 0 Å². The Balaban J connectivity index is 1.66. The lowest BCUT2D eigenvalue weighted by atomic mass is 9.36. The van der Waals surface area contributed by atoms with Gasteiger partial charge >= 0.3 is 5.97 Å². The van der Waals surface area contributed by atoms with Gasteiger partial charge in [0.2, 0.25) is 0 Å². The standard InChI is InChI=1S/C32H52O6/c1-18(16-23(35)27(29(5,6)37)38-19(2)33)20-10-14-31(8)21(20)17-22(34)26-30(7)13-12-25(36)28(3,4)24(30)11-15-32(26,31)9/h18,22-24,26-27,34-35,37H,10-17H2,1-9H3/t18-,22-,23+,24-,26-,27+,30-,31-,32-/m0/s1. The van der Waals surface area contributed by atoms with Gasteiger partial charge in [-0.2, -0.15) is 0 Å². The molecule has 0 aromatic heterocycles. The lowest BCUT2D eigenvalue weighted by Crippen LogP contribution is -2.65. The van der Waals surface area contributed by atoms with Gasteiger partial charge in [0.05, 0.1) is 17.8 Å². The fourth-order valence-corrected chi connectivity index (χ4v) is 10.2. The van der Waals surface area contributed by atoms with E-state index in [1.807, 2.05) is 0 Å². The summed E-state index contributed by atoms with van der Waals surface area (Å²) in [5, 5.41) is 33.5. The number of allylic oxidation sites excluding steroid dienone is 1. The van der Waals surface area contributed by atoms with Crippen molar-refractivity contribution in [2.75, 3.05) is 0 Å². The minimum Gasteiger partial charge on any atom is -0.457 e. The van der Waals surface area contributed by atoms with E-state index in [0.29, 0.717) is 25.0 Å². The van der Waals surface area contributed by atoms with E-state index in [-0.39, 0.29) is 39.4 Å². The van der Waals surface area contributed by atoms with Gasteiger partial charge in [0.1, 0.15) is 5.78 Å². The summed E-state index contributed by atoms with van der Waals surface area (Å²) < 4.78 is 5.34. The molecule has 216 valence electrons. The lowest BCUT2D eigenvalue weighted by molar-refractivity contribution is -0.208. The Morgan fingerprint density at radius 2 is 1.74 bits per heavy atom. The average Bonchev–Trinajstić information content (AvgIpc) is 3.12. The highest BCUT2D eigenvalue weighted by atomic mass is 16.6. The van der Waals surface area contributed by atoms with Crippen LogP contribution in [0.2, 0.25) is 0 Å². The van der Waals surface area contributed by atoms with Crippen molar-refractivity contribution < 1.29 is 29.6 Å². The third-order valence-electron chi connectivity index (χ3n) is 12.2. The molecular formula is C32H52O6. The summed E-state index contributed by atoms with van der Waals surface area (Å²) in [6.07, 6.45) is 3.98. The molecule has 6 nitrogen and oxygen atoms in total. The highest BCUT2D eigenvalue weighted by molar-refractivity contribution is 5.85. The Bertz CT molecular complexity index is 1010. The van der Waals surface area contributed by atoms with Crippen molar-refractivity contribution in [1.82, 2.24) is 0 Å². The Hall–Kier alpha value is -1.24. The summed E-state index contributed by atoms with van der Waals surface area (Å²) in [5.41, 5.74) is 0.754. The molecule has 0 spiro atoms. The van der Waals surface area contributed by atoms with E-state index in [9.17, 15) is 24.9 Å². The number of esters is 1. The molecule has 4 aliphatic carbocycles. The van der Waals surface area contributed by atoms with E-state index in [1.54, 1.807) is 13.8 Å². The molecule has 0 amide bonds. The largest absolute Gasteiger partial charge is 0.457 e. The second kappa shape index (κ2) is 9.41. The molecule has 0 bridgehead atoms. The van der Waals surface area contributed by atoms with Crippen LogP contribution in [0.25, 0.3) is 0 Å². The fraction of sp³-hybridized carbons (Fsp3) is 0.875. The van der Waals surface area contributed by atoms with Crippen molar-refractivity contribution in [2.24, 2.45) is 39.4 Å². The first kappa shape index (κ1) is 29.7. The Kier molecular flexibility index (Phi) is 7.36. The molecule has 9 atom stereocenters. The van der Waals surface area contributed by atoms with Gasteiger partial charge in [-0.25, -0.2) is 0 Å². The van der Waals surface area contributed by atoms with Crippen LogP contribution >= 0.6 is 0 Å². The number of fused-ring (bicyclic) bond motifs is 5. The molecule has 4 rings (SSSR count). The maximum Gasteiger partial charge on any atom is 0.303 e. The van der Waals surface area contributed by atoms with Crippen LogP contribution in [-0.2, 0) is 14.3 Å². The molecule has 6 heteroatoms. The monoisotopic (exact) mass is 532 g/mol. The van der Waals surface area contributed by atoms with E-state index in [1.165, 1.54) is 18.1 Å². The van der Waals surface area contributed by atoms with Gasteiger partial charge in [0.15, 0.2) is 6.10 Å². The second-order valence-corrected chi connectivity index (χ2v) is 15.1. The predicted molar refractivity (Wildman–Crippen MR) is 147 cm³/mol. The third kappa shape index (κ3) is 4.32. The van der Waals surface area contributed by atoms with E-state index in [2.05, 4.69) is 41.5 Å². The van der Waals surface area contributed by atoms with E-state index < -0.39 is 29.9 Å².